The van der Waals surface area contributed by atoms with Crippen LogP contribution in [0, 0.1) is 0 Å². The van der Waals surface area contributed by atoms with Crippen LogP contribution < -0.4 is 10.1 Å². The van der Waals surface area contributed by atoms with Gasteiger partial charge in [0, 0.05) is 29.6 Å². The molecule has 1 aromatic heterocycles. The highest BCUT2D eigenvalue weighted by molar-refractivity contribution is 7.89. The Balaban J connectivity index is 1.70. The number of nitrogens with one attached hydrogen (secondary N) is 1. The summed E-state index contributed by atoms with van der Waals surface area (Å²) < 4.78 is 32.3. The van der Waals surface area contributed by atoms with E-state index in [1.165, 1.54) is 52.1 Å². The Morgan fingerprint density at radius 1 is 1.09 bits per heavy atom. The van der Waals surface area contributed by atoms with Gasteiger partial charge in [-0.05, 0) is 55.5 Å². The number of amides is 1. The number of carbonyl (C=O) groups excluding carboxylic acids is 1. The zero-order valence-corrected chi connectivity index (χ0v) is 19.9. The molecule has 1 heterocycles. The second kappa shape index (κ2) is 11.0. The smallest absolute Gasteiger partial charge is 0.257 e. The minimum Gasteiger partial charge on any atom is -0.494 e. The summed E-state index contributed by atoms with van der Waals surface area (Å²) in [5.41, 5.74) is 1.98. The number of sulfonamides is 1. The molecule has 1 amide bonds. The van der Waals surface area contributed by atoms with Crippen LogP contribution in [-0.4, -0.2) is 43.3 Å². The third-order valence-electron chi connectivity index (χ3n) is 4.61. The normalized spacial score (nSPS) is 11.2. The molecule has 33 heavy (non-hydrogen) atoms. The van der Waals surface area contributed by atoms with E-state index in [4.69, 9.17) is 4.74 Å². The lowest BCUT2D eigenvalue weighted by Crippen LogP contribution is -2.31. The van der Waals surface area contributed by atoms with Crippen LogP contribution in [0.25, 0.3) is 11.3 Å². The highest BCUT2D eigenvalue weighted by Crippen LogP contribution is 2.27. The zero-order valence-electron chi connectivity index (χ0n) is 18.2. The van der Waals surface area contributed by atoms with Gasteiger partial charge in [0.2, 0.25) is 10.0 Å². The molecular weight excluding hydrogens is 458 g/mol. The molecule has 0 bridgehead atoms. The van der Waals surface area contributed by atoms with Crippen molar-refractivity contribution < 1.29 is 17.9 Å². The van der Waals surface area contributed by atoms with Crippen LogP contribution >= 0.6 is 11.3 Å². The number of rotatable bonds is 11. The van der Waals surface area contributed by atoms with Gasteiger partial charge >= 0.3 is 0 Å². The highest BCUT2D eigenvalue weighted by Gasteiger charge is 2.22. The molecule has 3 rings (SSSR count). The molecule has 0 aliphatic carbocycles. The van der Waals surface area contributed by atoms with E-state index >= 15 is 0 Å². The number of anilines is 1. The van der Waals surface area contributed by atoms with Crippen molar-refractivity contribution in [2.45, 2.75) is 11.8 Å². The Hall–Kier alpha value is -3.27. The molecule has 0 radical (unpaired) electrons. The zero-order chi connectivity index (χ0) is 23.8. The second-order valence-corrected chi connectivity index (χ2v) is 9.67. The van der Waals surface area contributed by atoms with Crippen molar-refractivity contribution in [1.29, 1.82) is 0 Å². The molecule has 0 saturated heterocycles. The second-order valence-electron chi connectivity index (χ2n) is 6.87. The minimum atomic E-state index is -3.72. The van der Waals surface area contributed by atoms with Gasteiger partial charge in [-0.25, -0.2) is 13.4 Å². The molecule has 172 valence electrons. The average Bonchev–Trinajstić information content (AvgIpc) is 3.28. The largest absolute Gasteiger partial charge is 0.494 e. The fraction of sp³-hybridized carbons (Fsp3) is 0.167. The molecule has 7 nitrogen and oxygen atoms in total. The number of nitrogens with zero attached hydrogens (tertiary/aromatic N) is 2. The monoisotopic (exact) mass is 483 g/mol. The molecule has 0 unspecified atom stereocenters. The first-order valence-corrected chi connectivity index (χ1v) is 12.5. The molecule has 0 atom stereocenters. The summed E-state index contributed by atoms with van der Waals surface area (Å²) in [5.74, 6) is 0.410. The van der Waals surface area contributed by atoms with E-state index < -0.39 is 10.0 Å². The molecule has 0 aliphatic rings. The van der Waals surface area contributed by atoms with Gasteiger partial charge in [-0.1, -0.05) is 12.2 Å². The average molecular weight is 484 g/mol. The van der Waals surface area contributed by atoms with Gasteiger partial charge in [0.15, 0.2) is 5.13 Å². The first kappa shape index (κ1) is 24.4. The number of benzene rings is 2. The number of ether oxygens (including phenoxy) is 1. The molecular formula is C24H25N3O4S2. The third-order valence-corrected chi connectivity index (χ3v) is 7.21. The summed E-state index contributed by atoms with van der Waals surface area (Å²) in [6.45, 7) is 10.0. The van der Waals surface area contributed by atoms with Crippen molar-refractivity contribution in [3.8, 4) is 17.0 Å². The van der Waals surface area contributed by atoms with Gasteiger partial charge in [0.1, 0.15) is 5.75 Å². The number of aromatic nitrogens is 1. The summed E-state index contributed by atoms with van der Waals surface area (Å²) in [5, 5.41) is 5.06. The van der Waals surface area contributed by atoms with Gasteiger partial charge in [0.05, 0.1) is 17.2 Å². The van der Waals surface area contributed by atoms with Crippen molar-refractivity contribution in [1.82, 2.24) is 9.29 Å². The van der Waals surface area contributed by atoms with Gasteiger partial charge in [-0.2, -0.15) is 4.31 Å². The van der Waals surface area contributed by atoms with Gasteiger partial charge < -0.3 is 4.74 Å². The molecule has 0 spiro atoms. The van der Waals surface area contributed by atoms with Crippen molar-refractivity contribution >= 4 is 32.4 Å². The molecule has 0 aliphatic heterocycles. The SMILES string of the molecule is C=CCN(CC=C)S(=O)(=O)c1ccc(C(=O)Nc2nc(-c3ccc(OCC)cc3)cs2)cc1. The quantitative estimate of drug-likeness (QED) is 0.395. The molecule has 9 heteroatoms. The van der Waals surface area contributed by atoms with E-state index in [-0.39, 0.29) is 23.9 Å². The fourth-order valence-corrected chi connectivity index (χ4v) is 5.10. The van der Waals surface area contributed by atoms with Crippen molar-refractivity contribution in [3.05, 3.63) is 84.8 Å². The van der Waals surface area contributed by atoms with Crippen LogP contribution in [0.4, 0.5) is 5.13 Å². The fourth-order valence-electron chi connectivity index (χ4n) is 3.01. The van der Waals surface area contributed by atoms with Crippen LogP contribution in [0.3, 0.4) is 0 Å². The van der Waals surface area contributed by atoms with E-state index in [0.717, 1.165) is 17.0 Å². The maximum Gasteiger partial charge on any atom is 0.257 e. The van der Waals surface area contributed by atoms with Crippen LogP contribution in [-0.2, 0) is 10.0 Å². The lowest BCUT2D eigenvalue weighted by Gasteiger charge is -2.19. The van der Waals surface area contributed by atoms with Gasteiger partial charge in [0.25, 0.3) is 5.91 Å². The Kier molecular flexibility index (Phi) is 8.16. The number of hydrogen-bond acceptors (Lipinski definition) is 6. The summed E-state index contributed by atoms with van der Waals surface area (Å²) in [7, 11) is -3.72. The van der Waals surface area contributed by atoms with Crippen molar-refractivity contribution in [3.63, 3.8) is 0 Å². The molecule has 1 N–H and O–H groups in total. The third kappa shape index (κ3) is 5.95. The van der Waals surface area contributed by atoms with E-state index in [2.05, 4.69) is 23.5 Å². The van der Waals surface area contributed by atoms with Crippen molar-refractivity contribution in [2.24, 2.45) is 0 Å². The van der Waals surface area contributed by atoms with E-state index in [0.29, 0.717) is 17.3 Å². The number of carbonyl (C=O) groups is 1. The van der Waals surface area contributed by atoms with Crippen LogP contribution in [0.1, 0.15) is 17.3 Å². The number of thiazole rings is 1. The summed E-state index contributed by atoms with van der Waals surface area (Å²) in [6, 6.07) is 13.3. The first-order chi connectivity index (χ1) is 15.9. The molecule has 2 aromatic carbocycles. The Labute approximate surface area is 198 Å². The van der Waals surface area contributed by atoms with Crippen LogP contribution in [0.5, 0.6) is 5.75 Å². The van der Waals surface area contributed by atoms with Crippen LogP contribution in [0.2, 0.25) is 0 Å². The maximum absolute atomic E-state index is 12.8. The standard InChI is InChI=1S/C24H25N3O4S2/c1-4-15-27(16-5-2)33(29,30)21-13-9-19(10-14-21)23(28)26-24-25-22(17-32-24)18-7-11-20(12-8-18)31-6-3/h4-5,7-14,17H,1-2,6,15-16H2,3H3,(H,25,26,28). The predicted molar refractivity (Wildman–Crippen MR) is 132 cm³/mol. The minimum absolute atomic E-state index is 0.0924. The highest BCUT2D eigenvalue weighted by atomic mass is 32.2. The maximum atomic E-state index is 12.8. The molecule has 0 saturated carbocycles. The predicted octanol–water partition coefficient (Wildman–Crippen LogP) is 4.82. The first-order valence-electron chi connectivity index (χ1n) is 10.2. The molecule has 0 fully saturated rings. The van der Waals surface area contributed by atoms with Crippen molar-refractivity contribution in [2.75, 3.05) is 25.0 Å². The van der Waals surface area contributed by atoms with Crippen LogP contribution in [0.15, 0.2) is 84.1 Å². The Morgan fingerprint density at radius 2 is 1.73 bits per heavy atom. The lowest BCUT2D eigenvalue weighted by atomic mass is 10.2. The Bertz CT molecular complexity index is 1210. The summed E-state index contributed by atoms with van der Waals surface area (Å²) in [6.07, 6.45) is 3.02. The topological polar surface area (TPSA) is 88.6 Å². The van der Waals surface area contributed by atoms with E-state index in [9.17, 15) is 13.2 Å². The van der Waals surface area contributed by atoms with E-state index in [1.54, 1.807) is 0 Å². The molecule has 3 aromatic rings. The summed E-state index contributed by atoms with van der Waals surface area (Å²) >= 11 is 1.31. The van der Waals surface area contributed by atoms with Gasteiger partial charge in [-0.3, -0.25) is 10.1 Å². The Morgan fingerprint density at radius 3 is 2.30 bits per heavy atom. The summed E-state index contributed by atoms with van der Waals surface area (Å²) in [4.78, 5) is 17.2. The van der Waals surface area contributed by atoms with Gasteiger partial charge in [-0.15, -0.1) is 24.5 Å². The number of hydrogen-bond donors (Lipinski definition) is 1. The van der Waals surface area contributed by atoms with E-state index in [1.807, 2.05) is 36.6 Å². The lowest BCUT2D eigenvalue weighted by molar-refractivity contribution is 0.102.